The predicted octanol–water partition coefficient (Wildman–Crippen LogP) is 1.67. The van der Waals surface area contributed by atoms with Crippen LogP contribution >= 0.6 is 0 Å². The molecule has 1 amide bonds. The molecule has 0 aromatic rings. The van der Waals surface area contributed by atoms with E-state index in [-0.39, 0.29) is 12.0 Å². The fourth-order valence-electron chi connectivity index (χ4n) is 2.35. The van der Waals surface area contributed by atoms with Crippen molar-refractivity contribution in [3.8, 4) is 0 Å². The molecule has 1 saturated heterocycles. The molecular weight excluding hydrogens is 268 g/mol. The molecular formula is C16H32N2O3. The number of morpholine rings is 1. The van der Waals surface area contributed by atoms with Crippen LogP contribution in [0, 0.1) is 5.92 Å². The molecule has 0 aromatic heterocycles. The lowest BCUT2D eigenvalue weighted by Gasteiger charge is -2.32. The molecule has 1 N–H and O–H groups in total. The number of carbonyl (C=O) groups is 1. The van der Waals surface area contributed by atoms with E-state index in [1.807, 2.05) is 6.92 Å². The summed E-state index contributed by atoms with van der Waals surface area (Å²) >= 11 is 0. The maximum absolute atomic E-state index is 11.3. The summed E-state index contributed by atoms with van der Waals surface area (Å²) in [5, 5.41) is 2.90. The molecule has 1 rings (SSSR count). The van der Waals surface area contributed by atoms with Crippen molar-refractivity contribution in [2.24, 2.45) is 5.92 Å². The van der Waals surface area contributed by atoms with Crippen molar-refractivity contribution >= 4 is 5.91 Å². The van der Waals surface area contributed by atoms with Gasteiger partial charge in [-0.05, 0) is 18.8 Å². The molecule has 5 nitrogen and oxygen atoms in total. The second-order valence-corrected chi connectivity index (χ2v) is 6.10. The van der Waals surface area contributed by atoms with Crippen molar-refractivity contribution in [2.45, 2.75) is 46.1 Å². The summed E-state index contributed by atoms with van der Waals surface area (Å²) < 4.78 is 11.4. The molecule has 1 atom stereocenters. The van der Waals surface area contributed by atoms with E-state index >= 15 is 0 Å². The summed E-state index contributed by atoms with van der Waals surface area (Å²) in [6.45, 7) is 12.1. The molecule has 1 aliphatic rings. The first-order valence-electron chi connectivity index (χ1n) is 8.30. The zero-order valence-corrected chi connectivity index (χ0v) is 13.9. The standard InChI is InChI=1S/C16H32N2O3/c1-4-16(19)17-12-15-13-18(8-11-21-15)7-10-20-9-5-6-14(2)3/h14-15H,4-13H2,1-3H3,(H,17,19). The zero-order chi connectivity index (χ0) is 15.5. The van der Waals surface area contributed by atoms with Crippen LogP contribution in [0.2, 0.25) is 0 Å². The van der Waals surface area contributed by atoms with E-state index in [4.69, 9.17) is 9.47 Å². The Morgan fingerprint density at radius 3 is 2.95 bits per heavy atom. The normalized spacial score (nSPS) is 19.9. The number of ether oxygens (including phenoxy) is 2. The molecule has 0 saturated carbocycles. The van der Waals surface area contributed by atoms with Gasteiger partial charge < -0.3 is 14.8 Å². The lowest BCUT2D eigenvalue weighted by Crippen LogP contribution is -2.48. The number of hydrogen-bond acceptors (Lipinski definition) is 4. The maximum Gasteiger partial charge on any atom is 0.219 e. The van der Waals surface area contributed by atoms with Crippen LogP contribution in [0.25, 0.3) is 0 Å². The molecule has 0 spiro atoms. The van der Waals surface area contributed by atoms with Gasteiger partial charge in [0, 0.05) is 39.2 Å². The van der Waals surface area contributed by atoms with Gasteiger partial charge in [0.1, 0.15) is 0 Å². The van der Waals surface area contributed by atoms with Gasteiger partial charge in [-0.1, -0.05) is 20.8 Å². The van der Waals surface area contributed by atoms with Gasteiger partial charge in [0.25, 0.3) is 0 Å². The van der Waals surface area contributed by atoms with Gasteiger partial charge in [0.15, 0.2) is 0 Å². The van der Waals surface area contributed by atoms with Crippen molar-refractivity contribution in [1.82, 2.24) is 10.2 Å². The minimum atomic E-state index is 0.0872. The first-order valence-corrected chi connectivity index (χ1v) is 8.30. The Bertz CT molecular complexity index is 285. The molecule has 1 aliphatic heterocycles. The fourth-order valence-corrected chi connectivity index (χ4v) is 2.35. The summed E-state index contributed by atoms with van der Waals surface area (Å²) in [6.07, 6.45) is 3.01. The minimum absolute atomic E-state index is 0.0872. The number of rotatable bonds is 10. The quantitative estimate of drug-likeness (QED) is 0.624. The number of amides is 1. The Morgan fingerprint density at radius 1 is 1.43 bits per heavy atom. The van der Waals surface area contributed by atoms with Crippen LogP contribution in [0.4, 0.5) is 0 Å². The molecule has 0 radical (unpaired) electrons. The molecule has 124 valence electrons. The van der Waals surface area contributed by atoms with Gasteiger partial charge in [-0.2, -0.15) is 0 Å². The molecule has 21 heavy (non-hydrogen) atoms. The highest BCUT2D eigenvalue weighted by atomic mass is 16.5. The largest absolute Gasteiger partial charge is 0.380 e. The summed E-state index contributed by atoms with van der Waals surface area (Å²) in [5.74, 6) is 0.844. The number of carbonyl (C=O) groups excluding carboxylic acids is 1. The predicted molar refractivity (Wildman–Crippen MR) is 84.4 cm³/mol. The second-order valence-electron chi connectivity index (χ2n) is 6.10. The molecule has 0 aromatic carbocycles. The third-order valence-electron chi connectivity index (χ3n) is 3.69. The smallest absolute Gasteiger partial charge is 0.219 e. The highest BCUT2D eigenvalue weighted by Gasteiger charge is 2.20. The van der Waals surface area contributed by atoms with Crippen LogP contribution in [0.5, 0.6) is 0 Å². The molecule has 0 bridgehead atoms. The van der Waals surface area contributed by atoms with E-state index < -0.39 is 0 Å². The topological polar surface area (TPSA) is 50.8 Å². The molecule has 5 heteroatoms. The summed E-state index contributed by atoms with van der Waals surface area (Å²) in [5.41, 5.74) is 0. The second kappa shape index (κ2) is 11.0. The van der Waals surface area contributed by atoms with Crippen LogP contribution < -0.4 is 5.32 Å². The summed E-state index contributed by atoms with van der Waals surface area (Å²) in [7, 11) is 0. The van der Waals surface area contributed by atoms with Gasteiger partial charge in [0.2, 0.25) is 5.91 Å². The van der Waals surface area contributed by atoms with Crippen LogP contribution in [-0.2, 0) is 14.3 Å². The Morgan fingerprint density at radius 2 is 2.24 bits per heavy atom. The Balaban J connectivity index is 2.05. The van der Waals surface area contributed by atoms with Crippen molar-refractivity contribution < 1.29 is 14.3 Å². The van der Waals surface area contributed by atoms with Crippen molar-refractivity contribution in [1.29, 1.82) is 0 Å². The van der Waals surface area contributed by atoms with Gasteiger partial charge >= 0.3 is 0 Å². The van der Waals surface area contributed by atoms with E-state index in [9.17, 15) is 4.79 Å². The average Bonchev–Trinajstić information content (AvgIpc) is 2.48. The Labute approximate surface area is 129 Å². The van der Waals surface area contributed by atoms with Gasteiger partial charge in [-0.25, -0.2) is 0 Å². The number of hydrogen-bond donors (Lipinski definition) is 1. The first kappa shape index (κ1) is 18.4. The highest BCUT2D eigenvalue weighted by Crippen LogP contribution is 2.05. The molecule has 1 unspecified atom stereocenters. The van der Waals surface area contributed by atoms with E-state index in [1.54, 1.807) is 0 Å². The van der Waals surface area contributed by atoms with Gasteiger partial charge in [-0.3, -0.25) is 9.69 Å². The van der Waals surface area contributed by atoms with Crippen LogP contribution in [-0.4, -0.2) is 62.9 Å². The summed E-state index contributed by atoms with van der Waals surface area (Å²) in [4.78, 5) is 13.6. The monoisotopic (exact) mass is 300 g/mol. The van der Waals surface area contributed by atoms with Gasteiger partial charge in [-0.15, -0.1) is 0 Å². The van der Waals surface area contributed by atoms with Crippen LogP contribution in [0.15, 0.2) is 0 Å². The highest BCUT2D eigenvalue weighted by molar-refractivity contribution is 5.75. The SMILES string of the molecule is CCC(=O)NCC1CN(CCOCCCC(C)C)CCO1. The van der Waals surface area contributed by atoms with Gasteiger partial charge in [0.05, 0.1) is 19.3 Å². The van der Waals surface area contributed by atoms with E-state index in [2.05, 4.69) is 24.1 Å². The van der Waals surface area contributed by atoms with Crippen molar-refractivity contribution in [2.75, 3.05) is 46.0 Å². The maximum atomic E-state index is 11.3. The van der Waals surface area contributed by atoms with E-state index in [1.165, 1.54) is 6.42 Å². The number of nitrogens with one attached hydrogen (secondary N) is 1. The third-order valence-corrected chi connectivity index (χ3v) is 3.69. The van der Waals surface area contributed by atoms with Crippen molar-refractivity contribution in [3.63, 3.8) is 0 Å². The zero-order valence-electron chi connectivity index (χ0n) is 13.9. The van der Waals surface area contributed by atoms with Crippen LogP contribution in [0.1, 0.15) is 40.0 Å². The summed E-state index contributed by atoms with van der Waals surface area (Å²) in [6, 6.07) is 0. The van der Waals surface area contributed by atoms with E-state index in [0.717, 1.165) is 51.8 Å². The molecule has 1 fully saturated rings. The van der Waals surface area contributed by atoms with Crippen molar-refractivity contribution in [3.05, 3.63) is 0 Å². The fraction of sp³-hybridized carbons (Fsp3) is 0.938. The lowest BCUT2D eigenvalue weighted by atomic mass is 10.1. The average molecular weight is 300 g/mol. The Hall–Kier alpha value is -0.650. The van der Waals surface area contributed by atoms with E-state index in [0.29, 0.717) is 13.0 Å². The van der Waals surface area contributed by atoms with Crippen LogP contribution in [0.3, 0.4) is 0 Å². The lowest BCUT2D eigenvalue weighted by molar-refractivity contribution is -0.122. The molecule has 1 heterocycles. The number of nitrogens with zero attached hydrogens (tertiary/aromatic N) is 1. The first-order chi connectivity index (χ1) is 10.1. The third kappa shape index (κ3) is 9.06. The minimum Gasteiger partial charge on any atom is -0.380 e. The molecule has 0 aliphatic carbocycles. The Kier molecular flexibility index (Phi) is 9.63.